The minimum Gasteiger partial charge on any atom is -0.490 e. The maximum Gasteiger partial charge on any atom is 0.161 e. The molecule has 0 heterocycles. The van der Waals surface area contributed by atoms with Gasteiger partial charge in [0.1, 0.15) is 0 Å². The summed E-state index contributed by atoms with van der Waals surface area (Å²) in [7, 11) is 1.76. The van der Waals surface area contributed by atoms with Gasteiger partial charge in [0.15, 0.2) is 11.5 Å². The Morgan fingerprint density at radius 2 is 2.06 bits per heavy atom. The standard InChI is InChI=1S/C13H20N2O2/c1-4-8-17-12-7-6-11(10-15-14-3)9-13(12)16-5-2/h6-7,9-10,14H,4-5,8H2,1-3H3/b15-10+. The molecule has 4 nitrogen and oxygen atoms in total. The summed E-state index contributed by atoms with van der Waals surface area (Å²) in [6.45, 7) is 5.35. The van der Waals surface area contributed by atoms with E-state index in [2.05, 4.69) is 17.5 Å². The third kappa shape index (κ3) is 4.34. The van der Waals surface area contributed by atoms with Crippen molar-refractivity contribution in [3.8, 4) is 11.5 Å². The van der Waals surface area contributed by atoms with Gasteiger partial charge in [-0.3, -0.25) is 0 Å². The van der Waals surface area contributed by atoms with E-state index in [1.54, 1.807) is 13.3 Å². The van der Waals surface area contributed by atoms with Crippen molar-refractivity contribution >= 4 is 6.21 Å². The highest BCUT2D eigenvalue weighted by molar-refractivity contribution is 5.80. The normalized spacial score (nSPS) is 10.5. The van der Waals surface area contributed by atoms with Crippen LogP contribution in [0.3, 0.4) is 0 Å². The molecule has 0 saturated carbocycles. The number of hydrogen-bond acceptors (Lipinski definition) is 4. The van der Waals surface area contributed by atoms with Crippen LogP contribution in [0.2, 0.25) is 0 Å². The minimum atomic E-state index is 0.620. The second-order valence-corrected chi connectivity index (χ2v) is 3.47. The molecule has 1 aromatic carbocycles. The van der Waals surface area contributed by atoms with Crippen LogP contribution in [-0.2, 0) is 0 Å². The first-order chi connectivity index (χ1) is 8.31. The van der Waals surface area contributed by atoms with Crippen LogP contribution in [0.15, 0.2) is 23.3 Å². The van der Waals surface area contributed by atoms with Gasteiger partial charge in [0.25, 0.3) is 0 Å². The van der Waals surface area contributed by atoms with Gasteiger partial charge < -0.3 is 14.9 Å². The molecule has 0 bridgehead atoms. The summed E-state index contributed by atoms with van der Waals surface area (Å²) in [4.78, 5) is 0. The molecular weight excluding hydrogens is 216 g/mol. The van der Waals surface area contributed by atoms with Crippen LogP contribution in [0, 0.1) is 0 Å². The lowest BCUT2D eigenvalue weighted by Gasteiger charge is -2.11. The molecule has 17 heavy (non-hydrogen) atoms. The molecular formula is C13H20N2O2. The molecule has 1 rings (SSSR count). The van der Waals surface area contributed by atoms with Gasteiger partial charge in [-0.2, -0.15) is 5.10 Å². The van der Waals surface area contributed by atoms with Crippen molar-refractivity contribution in [1.82, 2.24) is 5.43 Å². The van der Waals surface area contributed by atoms with E-state index in [-0.39, 0.29) is 0 Å². The Bertz CT molecular complexity index is 364. The van der Waals surface area contributed by atoms with Crippen molar-refractivity contribution in [2.75, 3.05) is 20.3 Å². The quantitative estimate of drug-likeness (QED) is 0.584. The SMILES string of the molecule is CCCOc1ccc(/C=N/NC)cc1OCC. The van der Waals surface area contributed by atoms with E-state index in [1.807, 2.05) is 25.1 Å². The molecule has 0 atom stereocenters. The second kappa shape index (κ2) is 7.54. The molecule has 4 heteroatoms. The van der Waals surface area contributed by atoms with E-state index in [1.165, 1.54) is 0 Å². The van der Waals surface area contributed by atoms with Gasteiger partial charge in [-0.1, -0.05) is 6.92 Å². The first-order valence-electron chi connectivity index (χ1n) is 5.91. The molecule has 0 aliphatic carbocycles. The molecule has 0 saturated heterocycles. The zero-order valence-electron chi connectivity index (χ0n) is 10.7. The van der Waals surface area contributed by atoms with Crippen molar-refractivity contribution in [3.05, 3.63) is 23.8 Å². The minimum absolute atomic E-state index is 0.620. The van der Waals surface area contributed by atoms with E-state index in [4.69, 9.17) is 9.47 Å². The highest BCUT2D eigenvalue weighted by Crippen LogP contribution is 2.28. The Balaban J connectivity index is 2.86. The lowest BCUT2D eigenvalue weighted by molar-refractivity contribution is 0.277. The maximum atomic E-state index is 5.61. The van der Waals surface area contributed by atoms with Gasteiger partial charge >= 0.3 is 0 Å². The highest BCUT2D eigenvalue weighted by Gasteiger charge is 2.05. The number of hydrazone groups is 1. The lowest BCUT2D eigenvalue weighted by atomic mass is 10.2. The third-order valence-electron chi connectivity index (χ3n) is 2.07. The summed E-state index contributed by atoms with van der Waals surface area (Å²) in [5, 5.41) is 3.96. The van der Waals surface area contributed by atoms with Gasteiger partial charge in [0.2, 0.25) is 0 Å². The molecule has 0 unspecified atom stereocenters. The fourth-order valence-electron chi connectivity index (χ4n) is 1.34. The van der Waals surface area contributed by atoms with Crippen LogP contribution in [0.5, 0.6) is 11.5 Å². The van der Waals surface area contributed by atoms with Crippen molar-refractivity contribution in [2.24, 2.45) is 5.10 Å². The molecule has 0 fully saturated rings. The average molecular weight is 236 g/mol. The first-order valence-corrected chi connectivity index (χ1v) is 5.91. The highest BCUT2D eigenvalue weighted by atomic mass is 16.5. The molecule has 0 radical (unpaired) electrons. The molecule has 0 aliphatic heterocycles. The molecule has 1 aromatic rings. The van der Waals surface area contributed by atoms with Crippen LogP contribution in [0.25, 0.3) is 0 Å². The van der Waals surface area contributed by atoms with Crippen molar-refractivity contribution < 1.29 is 9.47 Å². The lowest BCUT2D eigenvalue weighted by Crippen LogP contribution is -2.01. The van der Waals surface area contributed by atoms with Gasteiger partial charge in [-0.05, 0) is 37.1 Å². The van der Waals surface area contributed by atoms with Crippen LogP contribution in [0.1, 0.15) is 25.8 Å². The van der Waals surface area contributed by atoms with Gasteiger partial charge in [0.05, 0.1) is 19.4 Å². The molecule has 0 spiro atoms. The van der Waals surface area contributed by atoms with Crippen LogP contribution >= 0.6 is 0 Å². The molecule has 0 aromatic heterocycles. The van der Waals surface area contributed by atoms with E-state index in [9.17, 15) is 0 Å². The monoisotopic (exact) mass is 236 g/mol. The van der Waals surface area contributed by atoms with E-state index in [0.717, 1.165) is 23.5 Å². The Morgan fingerprint density at radius 3 is 2.71 bits per heavy atom. The van der Waals surface area contributed by atoms with Crippen molar-refractivity contribution in [2.45, 2.75) is 20.3 Å². The summed E-state index contributed by atoms with van der Waals surface area (Å²) in [5.74, 6) is 1.55. The van der Waals surface area contributed by atoms with E-state index >= 15 is 0 Å². The Morgan fingerprint density at radius 1 is 1.24 bits per heavy atom. The van der Waals surface area contributed by atoms with Crippen LogP contribution in [-0.4, -0.2) is 26.5 Å². The number of benzene rings is 1. The Labute approximate surface area is 103 Å². The number of rotatable bonds is 7. The summed E-state index contributed by atoms with van der Waals surface area (Å²) in [5.41, 5.74) is 3.69. The summed E-state index contributed by atoms with van der Waals surface area (Å²) in [6.07, 6.45) is 2.72. The second-order valence-electron chi connectivity index (χ2n) is 3.47. The van der Waals surface area contributed by atoms with Crippen LogP contribution in [0.4, 0.5) is 0 Å². The smallest absolute Gasteiger partial charge is 0.161 e. The van der Waals surface area contributed by atoms with Gasteiger partial charge in [-0.25, -0.2) is 0 Å². The zero-order valence-corrected chi connectivity index (χ0v) is 10.7. The van der Waals surface area contributed by atoms with Crippen LogP contribution < -0.4 is 14.9 Å². The Hall–Kier alpha value is -1.71. The number of ether oxygens (including phenoxy) is 2. The number of nitrogens with zero attached hydrogens (tertiary/aromatic N) is 1. The molecule has 94 valence electrons. The fraction of sp³-hybridized carbons (Fsp3) is 0.462. The predicted molar refractivity (Wildman–Crippen MR) is 70.1 cm³/mol. The summed E-state index contributed by atoms with van der Waals surface area (Å²) < 4.78 is 11.2. The predicted octanol–water partition coefficient (Wildman–Crippen LogP) is 2.43. The van der Waals surface area contributed by atoms with Gasteiger partial charge in [-0.15, -0.1) is 0 Å². The van der Waals surface area contributed by atoms with E-state index in [0.29, 0.717) is 13.2 Å². The molecule has 1 N–H and O–H groups in total. The van der Waals surface area contributed by atoms with Crippen molar-refractivity contribution in [1.29, 1.82) is 0 Å². The first kappa shape index (κ1) is 13.4. The average Bonchev–Trinajstić information content (AvgIpc) is 2.35. The fourth-order valence-corrected chi connectivity index (χ4v) is 1.34. The number of hydrogen-bond donors (Lipinski definition) is 1. The van der Waals surface area contributed by atoms with Crippen molar-refractivity contribution in [3.63, 3.8) is 0 Å². The Kier molecular flexibility index (Phi) is 5.93. The largest absolute Gasteiger partial charge is 0.490 e. The third-order valence-corrected chi connectivity index (χ3v) is 2.07. The van der Waals surface area contributed by atoms with Gasteiger partial charge in [0, 0.05) is 7.05 Å². The summed E-state index contributed by atoms with van der Waals surface area (Å²) in [6, 6.07) is 5.79. The molecule has 0 amide bonds. The molecule has 0 aliphatic rings. The number of nitrogens with one attached hydrogen (secondary N) is 1. The maximum absolute atomic E-state index is 5.61. The summed E-state index contributed by atoms with van der Waals surface area (Å²) >= 11 is 0. The van der Waals surface area contributed by atoms with E-state index < -0.39 is 0 Å². The zero-order chi connectivity index (χ0) is 12.5. The topological polar surface area (TPSA) is 42.8 Å².